The van der Waals surface area contributed by atoms with Gasteiger partial charge in [-0.25, -0.2) is 0 Å². The Bertz CT molecular complexity index is 1010. The van der Waals surface area contributed by atoms with Gasteiger partial charge >= 0.3 is 0 Å². The Labute approximate surface area is 167 Å². The molecule has 1 atom stereocenters. The number of halogens is 1. The SMILES string of the molecule is CC(Sc1cn(Cc2ccc(Br)cc2)c2ccccc12)c1ccccc1. The van der Waals surface area contributed by atoms with Crippen LogP contribution < -0.4 is 0 Å². The molecule has 0 bridgehead atoms. The summed E-state index contributed by atoms with van der Waals surface area (Å²) in [6.07, 6.45) is 2.30. The van der Waals surface area contributed by atoms with Gasteiger partial charge in [0, 0.05) is 38.3 Å². The van der Waals surface area contributed by atoms with Gasteiger partial charge in [0.15, 0.2) is 0 Å². The number of hydrogen-bond acceptors (Lipinski definition) is 1. The van der Waals surface area contributed by atoms with Crippen LogP contribution in [0.4, 0.5) is 0 Å². The summed E-state index contributed by atoms with van der Waals surface area (Å²) < 4.78 is 3.48. The van der Waals surface area contributed by atoms with Crippen molar-refractivity contribution in [3.8, 4) is 0 Å². The van der Waals surface area contributed by atoms with Crippen LogP contribution in [0, 0.1) is 0 Å². The molecule has 0 aliphatic heterocycles. The zero-order valence-corrected chi connectivity index (χ0v) is 17.0. The van der Waals surface area contributed by atoms with Crippen LogP contribution in [-0.2, 0) is 6.54 Å². The standard InChI is InChI=1S/C23H20BrNS/c1-17(19-7-3-2-4-8-19)26-23-16-25(22-10-6-5-9-21(22)23)15-18-11-13-20(24)14-12-18/h2-14,16-17H,15H2,1H3. The maximum Gasteiger partial charge on any atom is 0.0495 e. The van der Waals surface area contributed by atoms with Gasteiger partial charge in [-0.2, -0.15) is 0 Å². The van der Waals surface area contributed by atoms with Crippen LogP contribution in [0.25, 0.3) is 10.9 Å². The van der Waals surface area contributed by atoms with Crippen molar-refractivity contribution in [2.24, 2.45) is 0 Å². The third-order valence-corrected chi connectivity index (χ3v) is 6.32. The van der Waals surface area contributed by atoms with E-state index in [1.165, 1.54) is 26.9 Å². The number of para-hydroxylation sites is 1. The summed E-state index contributed by atoms with van der Waals surface area (Å²) in [7, 11) is 0. The normalized spacial score (nSPS) is 12.4. The van der Waals surface area contributed by atoms with Gasteiger partial charge < -0.3 is 4.57 Å². The van der Waals surface area contributed by atoms with E-state index in [1.807, 2.05) is 11.8 Å². The highest BCUT2D eigenvalue weighted by Crippen LogP contribution is 2.39. The van der Waals surface area contributed by atoms with Crippen LogP contribution in [0.2, 0.25) is 0 Å². The van der Waals surface area contributed by atoms with Crippen molar-refractivity contribution in [2.45, 2.75) is 23.6 Å². The average molecular weight is 422 g/mol. The van der Waals surface area contributed by atoms with Crippen LogP contribution >= 0.6 is 27.7 Å². The predicted octanol–water partition coefficient (Wildman–Crippen LogP) is 7.31. The molecule has 1 heterocycles. The molecule has 4 rings (SSSR count). The molecular formula is C23H20BrNS. The Morgan fingerprint density at radius 1 is 0.885 bits per heavy atom. The lowest BCUT2D eigenvalue weighted by atomic mass is 10.2. The van der Waals surface area contributed by atoms with E-state index in [1.54, 1.807) is 0 Å². The quantitative estimate of drug-likeness (QED) is 0.305. The highest BCUT2D eigenvalue weighted by atomic mass is 79.9. The monoisotopic (exact) mass is 421 g/mol. The Hall–Kier alpha value is -1.97. The number of hydrogen-bond donors (Lipinski definition) is 0. The number of fused-ring (bicyclic) bond motifs is 1. The second-order valence-corrected chi connectivity index (χ2v) is 8.73. The van der Waals surface area contributed by atoms with E-state index in [-0.39, 0.29) is 0 Å². The van der Waals surface area contributed by atoms with E-state index in [0.29, 0.717) is 5.25 Å². The molecule has 0 aliphatic rings. The molecule has 130 valence electrons. The number of benzene rings is 3. The Morgan fingerprint density at radius 3 is 2.35 bits per heavy atom. The highest BCUT2D eigenvalue weighted by Gasteiger charge is 2.13. The molecule has 26 heavy (non-hydrogen) atoms. The zero-order chi connectivity index (χ0) is 17.9. The van der Waals surface area contributed by atoms with Gasteiger partial charge in [0.05, 0.1) is 0 Å². The first-order valence-corrected chi connectivity index (χ1v) is 10.4. The molecule has 1 unspecified atom stereocenters. The van der Waals surface area contributed by atoms with E-state index in [4.69, 9.17) is 0 Å². The molecule has 0 fully saturated rings. The molecular weight excluding hydrogens is 402 g/mol. The minimum absolute atomic E-state index is 0.420. The van der Waals surface area contributed by atoms with Crippen molar-refractivity contribution >= 4 is 38.6 Å². The Balaban J connectivity index is 1.66. The van der Waals surface area contributed by atoms with Crippen LogP contribution in [0.5, 0.6) is 0 Å². The lowest BCUT2D eigenvalue weighted by Crippen LogP contribution is -1.97. The predicted molar refractivity (Wildman–Crippen MR) is 116 cm³/mol. The first kappa shape index (κ1) is 17.4. The smallest absolute Gasteiger partial charge is 0.0495 e. The van der Waals surface area contributed by atoms with Gasteiger partial charge in [-0.05, 0) is 36.2 Å². The molecule has 0 amide bonds. The molecule has 3 heteroatoms. The van der Waals surface area contributed by atoms with Crippen molar-refractivity contribution in [2.75, 3.05) is 0 Å². The highest BCUT2D eigenvalue weighted by molar-refractivity contribution is 9.10. The number of rotatable bonds is 5. The van der Waals surface area contributed by atoms with E-state index in [9.17, 15) is 0 Å². The van der Waals surface area contributed by atoms with Crippen LogP contribution in [0.1, 0.15) is 23.3 Å². The molecule has 0 saturated heterocycles. The number of nitrogens with zero attached hydrogens (tertiary/aromatic N) is 1. The fourth-order valence-electron chi connectivity index (χ4n) is 3.21. The number of aromatic nitrogens is 1. The maximum atomic E-state index is 3.51. The largest absolute Gasteiger partial charge is 0.342 e. The minimum Gasteiger partial charge on any atom is -0.342 e. The van der Waals surface area contributed by atoms with Crippen LogP contribution in [-0.4, -0.2) is 4.57 Å². The van der Waals surface area contributed by atoms with Gasteiger partial charge in [-0.3, -0.25) is 0 Å². The van der Waals surface area contributed by atoms with Crippen molar-refractivity contribution < 1.29 is 0 Å². The molecule has 3 aromatic carbocycles. The van der Waals surface area contributed by atoms with Gasteiger partial charge in [0.25, 0.3) is 0 Å². The summed E-state index contributed by atoms with van der Waals surface area (Å²) in [5.74, 6) is 0. The summed E-state index contributed by atoms with van der Waals surface area (Å²) in [4.78, 5) is 1.34. The molecule has 0 radical (unpaired) electrons. The molecule has 1 nitrogen and oxygen atoms in total. The molecule has 1 aromatic heterocycles. The third-order valence-electron chi connectivity index (χ3n) is 4.59. The summed E-state index contributed by atoms with van der Waals surface area (Å²) in [6.45, 7) is 3.16. The van der Waals surface area contributed by atoms with Gasteiger partial charge in [-0.15, -0.1) is 11.8 Å². The van der Waals surface area contributed by atoms with E-state index < -0.39 is 0 Å². The molecule has 0 aliphatic carbocycles. The molecule has 0 saturated carbocycles. The van der Waals surface area contributed by atoms with E-state index >= 15 is 0 Å². The van der Waals surface area contributed by atoms with Crippen LogP contribution in [0.15, 0.2) is 94.4 Å². The summed E-state index contributed by atoms with van der Waals surface area (Å²) in [6, 6.07) is 28.0. The first-order valence-electron chi connectivity index (χ1n) is 8.74. The Kier molecular flexibility index (Phi) is 5.18. The van der Waals surface area contributed by atoms with Gasteiger partial charge in [-0.1, -0.05) is 76.6 Å². The van der Waals surface area contributed by atoms with Crippen molar-refractivity contribution in [1.82, 2.24) is 4.57 Å². The van der Waals surface area contributed by atoms with Crippen LogP contribution in [0.3, 0.4) is 0 Å². The molecule has 0 spiro atoms. The molecule has 4 aromatic rings. The Morgan fingerprint density at radius 2 is 1.58 bits per heavy atom. The fourth-order valence-corrected chi connectivity index (χ4v) is 4.63. The lowest BCUT2D eigenvalue weighted by molar-refractivity contribution is 0.829. The van der Waals surface area contributed by atoms with Crippen molar-refractivity contribution in [1.29, 1.82) is 0 Å². The second kappa shape index (κ2) is 7.73. The van der Waals surface area contributed by atoms with Gasteiger partial charge in [0.2, 0.25) is 0 Å². The lowest BCUT2D eigenvalue weighted by Gasteiger charge is -2.10. The van der Waals surface area contributed by atoms with Crippen molar-refractivity contribution in [3.63, 3.8) is 0 Å². The van der Waals surface area contributed by atoms with Crippen molar-refractivity contribution in [3.05, 3.63) is 101 Å². The topological polar surface area (TPSA) is 4.93 Å². The van der Waals surface area contributed by atoms with Gasteiger partial charge in [0.1, 0.15) is 0 Å². The van der Waals surface area contributed by atoms with E-state index in [2.05, 4.69) is 112 Å². The summed E-state index contributed by atoms with van der Waals surface area (Å²) in [5.41, 5.74) is 3.96. The first-order chi connectivity index (χ1) is 12.7. The summed E-state index contributed by atoms with van der Waals surface area (Å²) in [5, 5.41) is 1.75. The average Bonchev–Trinajstić information content (AvgIpc) is 3.02. The molecule has 0 N–H and O–H groups in total. The third kappa shape index (κ3) is 3.74. The summed E-state index contributed by atoms with van der Waals surface area (Å²) >= 11 is 5.45. The van der Waals surface area contributed by atoms with E-state index in [0.717, 1.165) is 11.0 Å². The minimum atomic E-state index is 0.420. The zero-order valence-electron chi connectivity index (χ0n) is 14.6. The fraction of sp³-hybridized carbons (Fsp3) is 0.130. The number of thioether (sulfide) groups is 1. The second-order valence-electron chi connectivity index (χ2n) is 6.44. The maximum absolute atomic E-state index is 3.51.